The molecule has 0 aliphatic heterocycles. The lowest BCUT2D eigenvalue weighted by Gasteiger charge is -2.31. The van der Waals surface area contributed by atoms with Crippen molar-refractivity contribution in [1.29, 1.82) is 0 Å². The van der Waals surface area contributed by atoms with Gasteiger partial charge in [0.05, 0.1) is 10.6 Å². The topological polar surface area (TPSA) is 49.3 Å². The van der Waals surface area contributed by atoms with Gasteiger partial charge < -0.3 is 10.4 Å². The lowest BCUT2D eigenvalue weighted by molar-refractivity contribution is 0.0907. The lowest BCUT2D eigenvalue weighted by atomic mass is 9.79. The van der Waals surface area contributed by atoms with Crippen LogP contribution in [0.5, 0.6) is 0 Å². The summed E-state index contributed by atoms with van der Waals surface area (Å²) < 4.78 is 0. The number of carbonyl (C=O) groups excluding carboxylic acids is 1. The molecule has 2 N–H and O–H groups in total. The highest BCUT2D eigenvalue weighted by Gasteiger charge is 2.26. The van der Waals surface area contributed by atoms with Crippen molar-refractivity contribution in [2.45, 2.75) is 33.1 Å². The monoisotopic (exact) mass is 317 g/mol. The van der Waals surface area contributed by atoms with Gasteiger partial charge in [-0.2, -0.15) is 0 Å². The minimum Gasteiger partial charge on any atom is -0.396 e. The van der Waals surface area contributed by atoms with Crippen LogP contribution in [0.1, 0.15) is 43.5 Å². The maximum absolute atomic E-state index is 12.2. The second-order valence-corrected chi connectivity index (χ2v) is 5.83. The third kappa shape index (κ3) is 4.37. The molecule has 0 atom stereocenters. The van der Waals surface area contributed by atoms with Gasteiger partial charge in [0, 0.05) is 18.2 Å². The molecular weight excluding hydrogens is 297 g/mol. The van der Waals surface area contributed by atoms with Gasteiger partial charge >= 0.3 is 0 Å². The number of hydrogen-bond donors (Lipinski definition) is 2. The van der Waals surface area contributed by atoms with Gasteiger partial charge in [-0.1, -0.05) is 37.0 Å². The standard InChI is InChI=1S/C15H21Cl2NO2/c1-3-15(4-2,7-8-19)10-18-14(20)12-6-5-11(16)9-13(12)17/h5-6,9,19H,3-4,7-8,10H2,1-2H3,(H,18,20). The van der Waals surface area contributed by atoms with E-state index in [4.69, 9.17) is 23.2 Å². The van der Waals surface area contributed by atoms with Crippen molar-refractivity contribution < 1.29 is 9.90 Å². The molecule has 0 bridgehead atoms. The summed E-state index contributed by atoms with van der Waals surface area (Å²) in [6, 6.07) is 4.81. The highest BCUT2D eigenvalue weighted by molar-refractivity contribution is 6.36. The zero-order chi connectivity index (χ0) is 15.2. The molecule has 1 amide bonds. The highest BCUT2D eigenvalue weighted by atomic mass is 35.5. The number of amides is 1. The van der Waals surface area contributed by atoms with Crippen molar-refractivity contribution in [3.8, 4) is 0 Å². The van der Waals surface area contributed by atoms with Crippen LogP contribution in [0.15, 0.2) is 18.2 Å². The molecular formula is C15H21Cl2NO2. The van der Waals surface area contributed by atoms with Crippen LogP contribution in [0.2, 0.25) is 10.0 Å². The van der Waals surface area contributed by atoms with Crippen molar-refractivity contribution in [2.75, 3.05) is 13.2 Å². The zero-order valence-corrected chi connectivity index (χ0v) is 13.4. The molecule has 0 aliphatic rings. The fourth-order valence-corrected chi connectivity index (χ4v) is 2.71. The van der Waals surface area contributed by atoms with Crippen LogP contribution in [0.4, 0.5) is 0 Å². The first-order chi connectivity index (χ1) is 9.48. The van der Waals surface area contributed by atoms with E-state index in [-0.39, 0.29) is 17.9 Å². The summed E-state index contributed by atoms with van der Waals surface area (Å²) in [5.74, 6) is -0.212. The summed E-state index contributed by atoms with van der Waals surface area (Å²) in [6.07, 6.45) is 2.48. The summed E-state index contributed by atoms with van der Waals surface area (Å²) in [5, 5.41) is 12.9. The Hall–Kier alpha value is -0.770. The molecule has 0 unspecified atom stereocenters. The number of halogens is 2. The number of aliphatic hydroxyl groups excluding tert-OH is 1. The van der Waals surface area contributed by atoms with E-state index in [1.54, 1.807) is 18.2 Å². The molecule has 0 fully saturated rings. The Morgan fingerprint density at radius 2 is 1.95 bits per heavy atom. The van der Waals surface area contributed by atoms with E-state index in [0.717, 1.165) is 12.8 Å². The van der Waals surface area contributed by atoms with Crippen molar-refractivity contribution in [3.05, 3.63) is 33.8 Å². The Morgan fingerprint density at radius 1 is 1.30 bits per heavy atom. The first-order valence-electron chi connectivity index (χ1n) is 6.82. The Labute approximate surface area is 130 Å². The number of benzene rings is 1. The summed E-state index contributed by atoms with van der Waals surface area (Å²) in [5.41, 5.74) is 0.352. The molecule has 0 saturated carbocycles. The van der Waals surface area contributed by atoms with Gasteiger partial charge in [-0.15, -0.1) is 0 Å². The average molecular weight is 318 g/mol. The Bertz CT molecular complexity index is 459. The number of rotatable bonds is 7. The number of aliphatic hydroxyl groups is 1. The highest BCUT2D eigenvalue weighted by Crippen LogP contribution is 2.29. The number of carbonyl (C=O) groups is 1. The second kappa shape index (κ2) is 7.87. The van der Waals surface area contributed by atoms with E-state index >= 15 is 0 Å². The predicted octanol–water partition coefficient (Wildman–Crippen LogP) is 3.91. The fraction of sp³-hybridized carbons (Fsp3) is 0.533. The van der Waals surface area contributed by atoms with Gasteiger partial charge in [-0.25, -0.2) is 0 Å². The first-order valence-corrected chi connectivity index (χ1v) is 7.57. The van der Waals surface area contributed by atoms with Crippen molar-refractivity contribution >= 4 is 29.1 Å². The maximum atomic E-state index is 12.2. The predicted molar refractivity (Wildman–Crippen MR) is 83.5 cm³/mol. The van der Waals surface area contributed by atoms with Crippen LogP contribution >= 0.6 is 23.2 Å². The van der Waals surface area contributed by atoms with Crippen LogP contribution in [0.25, 0.3) is 0 Å². The van der Waals surface area contributed by atoms with E-state index in [9.17, 15) is 9.90 Å². The summed E-state index contributed by atoms with van der Waals surface area (Å²) >= 11 is 11.8. The average Bonchev–Trinajstić information content (AvgIpc) is 2.43. The Morgan fingerprint density at radius 3 is 2.45 bits per heavy atom. The fourth-order valence-electron chi connectivity index (χ4n) is 2.22. The number of hydrogen-bond acceptors (Lipinski definition) is 2. The first kappa shape index (κ1) is 17.3. The van der Waals surface area contributed by atoms with Crippen molar-refractivity contribution in [3.63, 3.8) is 0 Å². The molecule has 0 saturated heterocycles. The molecule has 3 nitrogen and oxygen atoms in total. The van der Waals surface area contributed by atoms with Crippen molar-refractivity contribution in [2.24, 2.45) is 5.41 Å². The van der Waals surface area contributed by atoms with Crippen LogP contribution in [0.3, 0.4) is 0 Å². The smallest absolute Gasteiger partial charge is 0.252 e. The molecule has 1 aromatic rings. The largest absolute Gasteiger partial charge is 0.396 e. The van der Waals surface area contributed by atoms with E-state index in [1.807, 2.05) is 0 Å². The molecule has 0 spiro atoms. The van der Waals surface area contributed by atoms with Gasteiger partial charge in [0.15, 0.2) is 0 Å². The summed E-state index contributed by atoms with van der Waals surface area (Å²) in [4.78, 5) is 12.2. The van der Waals surface area contributed by atoms with Crippen LogP contribution in [0, 0.1) is 5.41 Å². The van der Waals surface area contributed by atoms with Gasteiger partial charge in [-0.3, -0.25) is 4.79 Å². The third-order valence-corrected chi connectivity index (χ3v) is 4.49. The van der Waals surface area contributed by atoms with Gasteiger partial charge in [0.2, 0.25) is 0 Å². The quantitative estimate of drug-likeness (QED) is 0.801. The molecule has 0 aliphatic carbocycles. The SMILES string of the molecule is CCC(CC)(CCO)CNC(=O)c1ccc(Cl)cc1Cl. The molecule has 0 aromatic heterocycles. The Kier molecular flexibility index (Phi) is 6.80. The third-order valence-electron chi connectivity index (χ3n) is 3.94. The molecule has 0 radical (unpaired) electrons. The van der Waals surface area contributed by atoms with E-state index in [0.29, 0.717) is 28.6 Å². The molecule has 1 aromatic carbocycles. The second-order valence-electron chi connectivity index (χ2n) is 4.99. The maximum Gasteiger partial charge on any atom is 0.252 e. The van der Waals surface area contributed by atoms with E-state index in [1.165, 1.54) is 0 Å². The van der Waals surface area contributed by atoms with Crippen LogP contribution < -0.4 is 5.32 Å². The minimum absolute atomic E-state index is 0.0662. The minimum atomic E-state index is -0.212. The summed E-state index contributed by atoms with van der Waals surface area (Å²) in [6.45, 7) is 4.79. The van der Waals surface area contributed by atoms with Crippen LogP contribution in [-0.4, -0.2) is 24.2 Å². The van der Waals surface area contributed by atoms with Gasteiger partial charge in [-0.05, 0) is 42.9 Å². The van der Waals surface area contributed by atoms with Gasteiger partial charge in [0.1, 0.15) is 0 Å². The zero-order valence-electron chi connectivity index (χ0n) is 11.9. The van der Waals surface area contributed by atoms with Gasteiger partial charge in [0.25, 0.3) is 5.91 Å². The Balaban J connectivity index is 2.75. The molecule has 20 heavy (non-hydrogen) atoms. The van der Waals surface area contributed by atoms with E-state index in [2.05, 4.69) is 19.2 Å². The molecule has 5 heteroatoms. The van der Waals surface area contributed by atoms with Crippen molar-refractivity contribution in [1.82, 2.24) is 5.32 Å². The van der Waals surface area contributed by atoms with E-state index < -0.39 is 0 Å². The van der Waals surface area contributed by atoms with Crippen LogP contribution in [-0.2, 0) is 0 Å². The lowest BCUT2D eigenvalue weighted by Crippen LogP contribution is -2.37. The normalized spacial score (nSPS) is 11.4. The number of nitrogens with one attached hydrogen (secondary N) is 1. The molecule has 1 rings (SSSR count). The molecule has 112 valence electrons. The molecule has 0 heterocycles. The summed E-state index contributed by atoms with van der Waals surface area (Å²) in [7, 11) is 0.